The second-order valence-electron chi connectivity index (χ2n) is 5.78. The number of nitrogens with one attached hydrogen (secondary N) is 3. The van der Waals surface area contributed by atoms with Gasteiger partial charge in [-0.2, -0.15) is 0 Å². The monoisotopic (exact) mass is 399 g/mol. The van der Waals surface area contributed by atoms with E-state index in [1.54, 1.807) is 12.1 Å². The Bertz CT molecular complexity index is 933. The van der Waals surface area contributed by atoms with Gasteiger partial charge in [0.1, 0.15) is 0 Å². The summed E-state index contributed by atoms with van der Waals surface area (Å²) in [5, 5.41) is 6.39. The van der Waals surface area contributed by atoms with E-state index in [0.29, 0.717) is 18.7 Å². The van der Waals surface area contributed by atoms with Gasteiger partial charge in [-0.15, -0.1) is 0 Å². The van der Waals surface area contributed by atoms with Gasteiger partial charge in [0.25, 0.3) is 0 Å². The van der Waals surface area contributed by atoms with Crippen LogP contribution in [0.5, 0.6) is 0 Å². The third kappa shape index (κ3) is 4.09. The maximum atomic E-state index is 12.0. The van der Waals surface area contributed by atoms with Crippen LogP contribution in [0.15, 0.2) is 53.1 Å². The van der Waals surface area contributed by atoms with Crippen LogP contribution >= 0.6 is 15.9 Å². The first kappa shape index (κ1) is 17.2. The van der Waals surface area contributed by atoms with E-state index < -0.39 is 11.8 Å². The minimum atomic E-state index is -0.666. The van der Waals surface area contributed by atoms with Crippen LogP contribution in [0.1, 0.15) is 11.1 Å². The number of anilines is 1. The van der Waals surface area contributed by atoms with Crippen LogP contribution in [-0.2, 0) is 16.0 Å². The van der Waals surface area contributed by atoms with Crippen molar-refractivity contribution < 1.29 is 9.59 Å². The van der Waals surface area contributed by atoms with E-state index >= 15 is 0 Å². The van der Waals surface area contributed by atoms with Gasteiger partial charge in [-0.05, 0) is 48.7 Å². The van der Waals surface area contributed by atoms with Crippen molar-refractivity contribution in [2.24, 2.45) is 0 Å². The number of rotatable bonds is 4. The maximum absolute atomic E-state index is 12.0. The number of amides is 2. The molecule has 0 fully saturated rings. The van der Waals surface area contributed by atoms with Gasteiger partial charge < -0.3 is 15.6 Å². The first-order valence-corrected chi connectivity index (χ1v) is 8.74. The molecule has 0 atom stereocenters. The zero-order chi connectivity index (χ0) is 17.8. The highest BCUT2D eigenvalue weighted by molar-refractivity contribution is 9.10. The van der Waals surface area contributed by atoms with E-state index in [0.717, 1.165) is 26.5 Å². The fraction of sp³-hybridized carbons (Fsp3) is 0.158. The third-order valence-electron chi connectivity index (χ3n) is 3.98. The van der Waals surface area contributed by atoms with Gasteiger partial charge in [-0.25, -0.2) is 0 Å². The molecule has 0 saturated carbocycles. The average Bonchev–Trinajstić information content (AvgIpc) is 3.01. The van der Waals surface area contributed by atoms with E-state index in [1.807, 2.05) is 43.5 Å². The van der Waals surface area contributed by atoms with Crippen molar-refractivity contribution >= 4 is 44.3 Å². The largest absolute Gasteiger partial charge is 0.361 e. The average molecular weight is 400 g/mol. The van der Waals surface area contributed by atoms with Crippen molar-refractivity contribution in [3.8, 4) is 0 Å². The number of H-pyrrole nitrogens is 1. The Morgan fingerprint density at radius 1 is 1.12 bits per heavy atom. The Hall–Kier alpha value is -2.60. The number of benzene rings is 2. The van der Waals surface area contributed by atoms with Gasteiger partial charge in [-0.1, -0.05) is 34.1 Å². The zero-order valence-electron chi connectivity index (χ0n) is 13.7. The van der Waals surface area contributed by atoms with E-state index in [-0.39, 0.29) is 0 Å². The summed E-state index contributed by atoms with van der Waals surface area (Å²) >= 11 is 3.40. The molecule has 25 heavy (non-hydrogen) atoms. The Labute approximate surface area is 153 Å². The molecule has 0 spiro atoms. The Morgan fingerprint density at radius 3 is 2.72 bits per heavy atom. The van der Waals surface area contributed by atoms with E-state index in [2.05, 4.69) is 31.5 Å². The van der Waals surface area contributed by atoms with Crippen molar-refractivity contribution in [3.05, 3.63) is 64.3 Å². The van der Waals surface area contributed by atoms with Crippen LogP contribution in [0, 0.1) is 6.92 Å². The van der Waals surface area contributed by atoms with Crippen molar-refractivity contribution in [1.29, 1.82) is 0 Å². The molecule has 1 heterocycles. The molecule has 3 N–H and O–H groups in total. The quantitative estimate of drug-likeness (QED) is 0.587. The molecule has 128 valence electrons. The minimum Gasteiger partial charge on any atom is -0.361 e. The predicted molar refractivity (Wildman–Crippen MR) is 103 cm³/mol. The highest BCUT2D eigenvalue weighted by Gasteiger charge is 2.14. The van der Waals surface area contributed by atoms with Crippen molar-refractivity contribution in [2.75, 3.05) is 11.9 Å². The molecule has 0 aliphatic heterocycles. The summed E-state index contributed by atoms with van der Waals surface area (Å²) in [6.07, 6.45) is 2.59. The van der Waals surface area contributed by atoms with Crippen LogP contribution in [0.2, 0.25) is 0 Å². The van der Waals surface area contributed by atoms with Gasteiger partial charge in [0.2, 0.25) is 0 Å². The normalized spacial score (nSPS) is 10.6. The highest BCUT2D eigenvalue weighted by atomic mass is 79.9. The lowest BCUT2D eigenvalue weighted by atomic mass is 10.1. The zero-order valence-corrected chi connectivity index (χ0v) is 15.3. The van der Waals surface area contributed by atoms with Gasteiger partial charge >= 0.3 is 11.8 Å². The first-order valence-electron chi connectivity index (χ1n) is 7.95. The number of para-hydroxylation sites is 1. The molecular formula is C19H18BrN3O2. The van der Waals surface area contributed by atoms with Crippen molar-refractivity contribution in [1.82, 2.24) is 10.3 Å². The molecule has 2 aromatic carbocycles. The molecule has 3 rings (SSSR count). The molecule has 0 unspecified atom stereocenters. The summed E-state index contributed by atoms with van der Waals surface area (Å²) in [5.74, 6) is -1.30. The number of carbonyl (C=O) groups is 2. The maximum Gasteiger partial charge on any atom is 0.313 e. The second-order valence-corrected chi connectivity index (χ2v) is 6.64. The van der Waals surface area contributed by atoms with Crippen LogP contribution in [0.3, 0.4) is 0 Å². The van der Waals surface area contributed by atoms with Crippen LogP contribution in [-0.4, -0.2) is 23.3 Å². The SMILES string of the molecule is Cc1cc(NC(=O)C(=O)NCCc2c[nH]c3ccccc23)ccc1Br. The van der Waals surface area contributed by atoms with Gasteiger partial charge in [-0.3, -0.25) is 9.59 Å². The Kier molecular flexibility index (Phi) is 5.19. The molecule has 0 saturated heterocycles. The van der Waals surface area contributed by atoms with Crippen LogP contribution in [0.4, 0.5) is 5.69 Å². The number of hydrogen-bond acceptors (Lipinski definition) is 2. The van der Waals surface area contributed by atoms with Gasteiger partial charge in [0, 0.05) is 33.8 Å². The first-order chi connectivity index (χ1) is 12.0. The van der Waals surface area contributed by atoms with Gasteiger partial charge in [0.15, 0.2) is 0 Å². The topological polar surface area (TPSA) is 74.0 Å². The number of hydrogen-bond donors (Lipinski definition) is 3. The fourth-order valence-electron chi connectivity index (χ4n) is 2.64. The predicted octanol–water partition coefficient (Wildman–Crippen LogP) is 3.54. The molecule has 3 aromatic rings. The van der Waals surface area contributed by atoms with E-state index in [9.17, 15) is 9.59 Å². The number of halogens is 1. The third-order valence-corrected chi connectivity index (χ3v) is 4.87. The summed E-state index contributed by atoms with van der Waals surface area (Å²) in [6.45, 7) is 2.31. The Balaban J connectivity index is 1.53. The lowest BCUT2D eigenvalue weighted by Crippen LogP contribution is -2.36. The van der Waals surface area contributed by atoms with Gasteiger partial charge in [0.05, 0.1) is 0 Å². The molecule has 0 radical (unpaired) electrons. The number of aromatic amines is 1. The smallest absolute Gasteiger partial charge is 0.313 e. The number of fused-ring (bicyclic) bond motifs is 1. The lowest BCUT2D eigenvalue weighted by molar-refractivity contribution is -0.136. The van der Waals surface area contributed by atoms with E-state index in [4.69, 9.17) is 0 Å². The number of aromatic nitrogens is 1. The fourth-order valence-corrected chi connectivity index (χ4v) is 2.89. The summed E-state index contributed by atoms with van der Waals surface area (Å²) in [7, 11) is 0. The van der Waals surface area contributed by atoms with Crippen LogP contribution < -0.4 is 10.6 Å². The molecule has 5 nitrogen and oxygen atoms in total. The molecule has 2 amide bonds. The second kappa shape index (κ2) is 7.53. The van der Waals surface area contributed by atoms with Crippen molar-refractivity contribution in [3.63, 3.8) is 0 Å². The summed E-state index contributed by atoms with van der Waals surface area (Å²) in [6, 6.07) is 13.4. The molecule has 1 aromatic heterocycles. The molecule has 6 heteroatoms. The summed E-state index contributed by atoms with van der Waals surface area (Å²) < 4.78 is 0.952. The molecule has 0 aliphatic carbocycles. The summed E-state index contributed by atoms with van der Waals surface area (Å²) in [5.41, 5.74) is 3.75. The Morgan fingerprint density at radius 2 is 1.92 bits per heavy atom. The number of aryl methyl sites for hydroxylation is 1. The minimum absolute atomic E-state index is 0.396. The van der Waals surface area contributed by atoms with Crippen LogP contribution in [0.25, 0.3) is 10.9 Å². The highest BCUT2D eigenvalue weighted by Crippen LogP contribution is 2.20. The molecule has 0 aliphatic rings. The molecule has 0 bridgehead atoms. The lowest BCUT2D eigenvalue weighted by Gasteiger charge is -2.08. The number of carbonyl (C=O) groups excluding carboxylic acids is 2. The van der Waals surface area contributed by atoms with Crippen molar-refractivity contribution in [2.45, 2.75) is 13.3 Å². The standard InChI is InChI=1S/C19H18BrN3O2/c1-12-10-14(6-7-16(12)20)23-19(25)18(24)21-9-8-13-11-22-17-5-3-2-4-15(13)17/h2-7,10-11,22H,8-9H2,1H3,(H,21,24)(H,23,25). The summed E-state index contributed by atoms with van der Waals surface area (Å²) in [4.78, 5) is 27.1. The molecular weight excluding hydrogens is 382 g/mol. The van der Waals surface area contributed by atoms with E-state index in [1.165, 1.54) is 0 Å².